The number of hydrogen-bond donors (Lipinski definition) is 0. The Kier molecular flexibility index (Phi) is 5.70. The molecule has 28 heavy (non-hydrogen) atoms. The Morgan fingerprint density at radius 3 is 2.61 bits per heavy atom. The number of rotatable bonds is 4. The second-order valence-electron chi connectivity index (χ2n) is 7.23. The van der Waals surface area contributed by atoms with Gasteiger partial charge in [0.05, 0.1) is 6.54 Å². The van der Waals surface area contributed by atoms with E-state index in [4.69, 9.17) is 20.8 Å². The van der Waals surface area contributed by atoms with Gasteiger partial charge in [-0.15, -0.1) is 0 Å². The van der Waals surface area contributed by atoms with E-state index in [2.05, 4.69) is 9.97 Å². The molecule has 0 saturated carbocycles. The average molecular weight is 400 g/mol. The molecule has 2 heterocycles. The zero-order valence-corrected chi connectivity index (χ0v) is 17.0. The van der Waals surface area contributed by atoms with Crippen LogP contribution in [0, 0.1) is 0 Å². The van der Waals surface area contributed by atoms with Crippen LogP contribution in [0.1, 0.15) is 39.0 Å². The van der Waals surface area contributed by atoms with Crippen LogP contribution in [-0.2, 0) is 11.3 Å². The van der Waals surface area contributed by atoms with Crippen molar-refractivity contribution < 1.29 is 13.9 Å². The van der Waals surface area contributed by atoms with Crippen LogP contribution >= 0.6 is 11.6 Å². The van der Waals surface area contributed by atoms with Gasteiger partial charge in [-0.3, -0.25) is 4.90 Å². The van der Waals surface area contributed by atoms with Crippen molar-refractivity contribution in [3.63, 3.8) is 0 Å². The van der Waals surface area contributed by atoms with Crippen LogP contribution in [0.5, 0.6) is 0 Å². The third-order valence-corrected chi connectivity index (χ3v) is 3.90. The van der Waals surface area contributed by atoms with Crippen LogP contribution in [-0.4, -0.2) is 21.7 Å². The zero-order chi connectivity index (χ0) is 20.3. The maximum absolute atomic E-state index is 13.0. The molecule has 1 amide bonds. The Hall–Kier alpha value is -2.86. The van der Waals surface area contributed by atoms with E-state index >= 15 is 0 Å². The van der Waals surface area contributed by atoms with Crippen molar-refractivity contribution in [3.8, 4) is 0 Å². The number of halogens is 1. The highest BCUT2D eigenvalue weighted by atomic mass is 35.5. The summed E-state index contributed by atoms with van der Waals surface area (Å²) < 4.78 is 11.5. The molecule has 0 atom stereocenters. The lowest BCUT2D eigenvalue weighted by molar-refractivity contribution is 0.0576. The lowest BCUT2D eigenvalue weighted by Gasteiger charge is -2.26. The molecule has 146 valence electrons. The Morgan fingerprint density at radius 2 is 1.96 bits per heavy atom. The number of nitrogens with zero attached hydrogens (tertiary/aromatic N) is 3. The first kappa shape index (κ1) is 19.9. The first-order valence-electron chi connectivity index (χ1n) is 8.91. The number of aromatic nitrogens is 2. The molecule has 1 aromatic carbocycles. The van der Waals surface area contributed by atoms with Gasteiger partial charge in [0, 0.05) is 6.07 Å². The highest BCUT2D eigenvalue weighted by molar-refractivity contribution is 6.28. The van der Waals surface area contributed by atoms with Gasteiger partial charge in [-0.2, -0.15) is 4.98 Å². The first-order valence-corrected chi connectivity index (χ1v) is 9.29. The Bertz CT molecular complexity index is 1010. The van der Waals surface area contributed by atoms with Gasteiger partial charge in [0.1, 0.15) is 16.9 Å². The summed E-state index contributed by atoms with van der Waals surface area (Å²) in [5.74, 6) is 0.864. The average Bonchev–Trinajstić information content (AvgIpc) is 3.01. The minimum atomic E-state index is -0.665. The number of ether oxygens (including phenoxy) is 1. The van der Waals surface area contributed by atoms with Crippen LogP contribution in [0.4, 0.5) is 10.6 Å². The Balaban J connectivity index is 2.12. The van der Waals surface area contributed by atoms with Gasteiger partial charge < -0.3 is 9.15 Å². The van der Waals surface area contributed by atoms with E-state index in [0.717, 1.165) is 5.56 Å². The van der Waals surface area contributed by atoms with E-state index in [-0.39, 0.29) is 17.6 Å². The van der Waals surface area contributed by atoms with Gasteiger partial charge in [-0.1, -0.05) is 36.4 Å². The first-order chi connectivity index (χ1) is 13.3. The number of amides is 1. The summed E-state index contributed by atoms with van der Waals surface area (Å²) in [7, 11) is 0. The van der Waals surface area contributed by atoms with E-state index < -0.39 is 11.7 Å². The smallest absolute Gasteiger partial charge is 0.416 e. The normalized spacial score (nSPS) is 11.9. The van der Waals surface area contributed by atoms with Crippen LogP contribution in [0.25, 0.3) is 17.2 Å². The van der Waals surface area contributed by atoms with Gasteiger partial charge in [-0.05, 0) is 50.9 Å². The maximum atomic E-state index is 13.0. The minimum Gasteiger partial charge on any atom is -0.451 e. The fourth-order valence-corrected chi connectivity index (χ4v) is 2.82. The van der Waals surface area contributed by atoms with Crippen LogP contribution in [0.3, 0.4) is 0 Å². The summed E-state index contributed by atoms with van der Waals surface area (Å²) in [5, 5.41) is 0.0250. The molecule has 0 spiro atoms. The minimum absolute atomic E-state index is 0.0250. The van der Waals surface area contributed by atoms with Gasteiger partial charge in [0.25, 0.3) is 0 Å². The number of fused-ring (bicyclic) bond motifs is 1. The Labute approximate surface area is 168 Å². The molecular weight excluding hydrogens is 378 g/mol. The van der Waals surface area contributed by atoms with Crippen molar-refractivity contribution in [1.82, 2.24) is 9.97 Å². The summed E-state index contributed by atoms with van der Waals surface area (Å²) in [6, 6.07) is 11.3. The second-order valence-corrected chi connectivity index (χ2v) is 7.57. The molecule has 0 aliphatic carbocycles. The third kappa shape index (κ3) is 4.70. The van der Waals surface area contributed by atoms with Crippen molar-refractivity contribution in [2.75, 3.05) is 4.90 Å². The molecule has 0 radical (unpaired) electrons. The topological polar surface area (TPSA) is 68.5 Å². The lowest BCUT2D eigenvalue weighted by Crippen LogP contribution is -2.37. The van der Waals surface area contributed by atoms with E-state index in [1.807, 2.05) is 64.1 Å². The monoisotopic (exact) mass is 399 g/mol. The van der Waals surface area contributed by atoms with Crippen molar-refractivity contribution >= 4 is 40.7 Å². The molecule has 3 rings (SSSR count). The second kappa shape index (κ2) is 8.02. The van der Waals surface area contributed by atoms with E-state index in [9.17, 15) is 4.79 Å². The summed E-state index contributed by atoms with van der Waals surface area (Å²) in [4.78, 5) is 22.9. The van der Waals surface area contributed by atoms with E-state index in [1.54, 1.807) is 12.1 Å². The van der Waals surface area contributed by atoms with Crippen LogP contribution in [0.15, 0.2) is 46.9 Å². The van der Waals surface area contributed by atoms with Gasteiger partial charge in [0.2, 0.25) is 5.28 Å². The highest BCUT2D eigenvalue weighted by Crippen LogP contribution is 2.31. The third-order valence-electron chi connectivity index (χ3n) is 3.73. The van der Waals surface area contributed by atoms with Crippen molar-refractivity contribution in [3.05, 3.63) is 59.1 Å². The standard InChI is InChI=1S/C21H22ClN3O3/c1-5-9-15-12-16-17(27-15)18(24-19(22)23-16)25(20(26)28-21(2,3)4)13-14-10-7-6-8-11-14/h5-12H,13H2,1-4H3. The number of allylic oxidation sites excluding steroid dienone is 1. The van der Waals surface area contributed by atoms with Crippen molar-refractivity contribution in [2.24, 2.45) is 0 Å². The van der Waals surface area contributed by atoms with Gasteiger partial charge >= 0.3 is 6.09 Å². The fourth-order valence-electron chi connectivity index (χ4n) is 2.64. The number of carbonyl (C=O) groups excluding carboxylic acids is 1. The molecule has 0 aliphatic rings. The molecule has 0 aliphatic heterocycles. The molecule has 0 fully saturated rings. The summed E-state index contributed by atoms with van der Waals surface area (Å²) in [6.45, 7) is 7.56. The summed E-state index contributed by atoms with van der Waals surface area (Å²) in [5.41, 5.74) is 1.14. The molecule has 0 N–H and O–H groups in total. The predicted octanol–water partition coefficient (Wildman–Crippen LogP) is 5.85. The molecule has 0 unspecified atom stereocenters. The SMILES string of the molecule is CC=Cc1cc2nc(Cl)nc(N(Cc3ccccc3)C(=O)OC(C)(C)C)c2o1. The molecule has 3 aromatic rings. The number of hydrogen-bond acceptors (Lipinski definition) is 5. The lowest BCUT2D eigenvalue weighted by atomic mass is 10.2. The zero-order valence-electron chi connectivity index (χ0n) is 16.3. The Morgan fingerprint density at radius 1 is 1.25 bits per heavy atom. The van der Waals surface area contributed by atoms with Crippen molar-refractivity contribution in [1.29, 1.82) is 0 Å². The number of anilines is 1. The highest BCUT2D eigenvalue weighted by Gasteiger charge is 2.28. The molecule has 0 bridgehead atoms. The maximum Gasteiger partial charge on any atom is 0.416 e. The van der Waals surface area contributed by atoms with E-state index in [0.29, 0.717) is 16.9 Å². The van der Waals surface area contributed by atoms with Gasteiger partial charge in [0.15, 0.2) is 11.4 Å². The fraction of sp³-hybridized carbons (Fsp3) is 0.286. The number of benzene rings is 1. The summed E-state index contributed by atoms with van der Waals surface area (Å²) in [6.07, 6.45) is 3.10. The number of carbonyl (C=O) groups is 1. The largest absolute Gasteiger partial charge is 0.451 e. The molecule has 2 aromatic heterocycles. The quantitative estimate of drug-likeness (QED) is 0.514. The molecule has 0 saturated heterocycles. The summed E-state index contributed by atoms with van der Waals surface area (Å²) >= 11 is 6.13. The molecular formula is C21H22ClN3O3. The van der Waals surface area contributed by atoms with Crippen molar-refractivity contribution in [2.45, 2.75) is 39.8 Å². The van der Waals surface area contributed by atoms with Crippen LogP contribution < -0.4 is 4.90 Å². The van der Waals surface area contributed by atoms with Crippen LogP contribution in [0.2, 0.25) is 5.28 Å². The molecule has 6 nitrogen and oxygen atoms in total. The van der Waals surface area contributed by atoms with Gasteiger partial charge in [-0.25, -0.2) is 9.78 Å². The number of furan rings is 1. The van der Waals surface area contributed by atoms with E-state index in [1.165, 1.54) is 4.90 Å². The molecule has 7 heteroatoms. The predicted molar refractivity (Wildman–Crippen MR) is 110 cm³/mol.